The highest BCUT2D eigenvalue weighted by Gasteiger charge is 2.35. The van der Waals surface area contributed by atoms with Crippen molar-refractivity contribution in [2.24, 2.45) is 11.7 Å². The summed E-state index contributed by atoms with van der Waals surface area (Å²) in [5.74, 6) is 0.920. The van der Waals surface area contributed by atoms with Crippen LogP contribution in [-0.4, -0.2) is 30.6 Å². The van der Waals surface area contributed by atoms with Gasteiger partial charge >= 0.3 is 0 Å². The molecule has 1 fully saturated rings. The molecule has 1 aromatic rings. The summed E-state index contributed by atoms with van der Waals surface area (Å²) in [6.07, 6.45) is 4.98. The Morgan fingerprint density at radius 2 is 1.94 bits per heavy atom. The van der Waals surface area contributed by atoms with E-state index in [4.69, 9.17) is 5.73 Å². The molecule has 18 heavy (non-hydrogen) atoms. The lowest BCUT2D eigenvalue weighted by atomic mass is 9.86. The Bertz CT molecular complexity index is 353. The van der Waals surface area contributed by atoms with Gasteiger partial charge in [0.05, 0.1) is 0 Å². The molecule has 0 aromatic heterocycles. The van der Waals surface area contributed by atoms with Gasteiger partial charge in [-0.25, -0.2) is 0 Å². The van der Waals surface area contributed by atoms with Gasteiger partial charge in [-0.05, 0) is 44.2 Å². The molecule has 1 saturated carbocycles. The maximum absolute atomic E-state index is 6.12. The standard InChI is InChI=1S/C16H26N2/c1-3-16(13-17,18(2)12-15-9-10-15)11-14-7-5-4-6-8-14/h4-8,15H,3,9-13,17H2,1-2H3. The Kier molecular flexibility index (Phi) is 4.41. The SMILES string of the molecule is CCC(CN)(Cc1ccccc1)N(C)CC1CC1. The summed E-state index contributed by atoms with van der Waals surface area (Å²) >= 11 is 0. The third-order valence-electron chi connectivity index (χ3n) is 4.45. The summed E-state index contributed by atoms with van der Waals surface area (Å²) in [4.78, 5) is 2.51. The second-order valence-corrected chi connectivity index (χ2v) is 5.77. The average molecular weight is 246 g/mol. The van der Waals surface area contributed by atoms with Crippen molar-refractivity contribution in [3.05, 3.63) is 35.9 Å². The number of benzene rings is 1. The predicted octanol–water partition coefficient (Wildman–Crippen LogP) is 2.68. The highest BCUT2D eigenvalue weighted by Crippen LogP contribution is 2.33. The molecule has 100 valence electrons. The molecule has 0 bridgehead atoms. The minimum absolute atomic E-state index is 0.129. The van der Waals surface area contributed by atoms with Crippen molar-refractivity contribution in [1.82, 2.24) is 4.90 Å². The van der Waals surface area contributed by atoms with Crippen LogP contribution in [0.25, 0.3) is 0 Å². The summed E-state index contributed by atoms with van der Waals surface area (Å²) in [7, 11) is 2.25. The first-order valence-electron chi connectivity index (χ1n) is 7.15. The fourth-order valence-corrected chi connectivity index (χ4v) is 2.76. The first-order valence-corrected chi connectivity index (χ1v) is 7.15. The van der Waals surface area contributed by atoms with Crippen LogP contribution in [0, 0.1) is 5.92 Å². The number of likely N-dealkylation sites (N-methyl/N-ethyl adjacent to an activating group) is 1. The van der Waals surface area contributed by atoms with Gasteiger partial charge in [0.15, 0.2) is 0 Å². The molecule has 0 spiro atoms. The normalized spacial score (nSPS) is 18.9. The van der Waals surface area contributed by atoms with Gasteiger partial charge < -0.3 is 5.73 Å². The van der Waals surface area contributed by atoms with Crippen molar-refractivity contribution in [2.75, 3.05) is 20.1 Å². The van der Waals surface area contributed by atoms with E-state index in [0.29, 0.717) is 0 Å². The summed E-state index contributed by atoms with van der Waals surface area (Å²) in [6, 6.07) is 10.7. The van der Waals surface area contributed by atoms with Crippen LogP contribution in [0.15, 0.2) is 30.3 Å². The van der Waals surface area contributed by atoms with Crippen molar-refractivity contribution in [3.63, 3.8) is 0 Å². The molecular weight excluding hydrogens is 220 g/mol. The van der Waals surface area contributed by atoms with Gasteiger partial charge in [0.25, 0.3) is 0 Å². The summed E-state index contributed by atoms with van der Waals surface area (Å²) in [6.45, 7) is 4.21. The number of nitrogens with two attached hydrogens (primary N) is 1. The van der Waals surface area contributed by atoms with Crippen LogP contribution in [0.4, 0.5) is 0 Å². The molecule has 0 aliphatic heterocycles. The minimum atomic E-state index is 0.129. The maximum atomic E-state index is 6.12. The fourth-order valence-electron chi connectivity index (χ4n) is 2.76. The lowest BCUT2D eigenvalue weighted by Crippen LogP contribution is -2.54. The van der Waals surface area contributed by atoms with E-state index in [0.717, 1.165) is 25.3 Å². The Morgan fingerprint density at radius 3 is 2.44 bits per heavy atom. The van der Waals surface area contributed by atoms with Gasteiger partial charge in [-0.15, -0.1) is 0 Å². The molecular formula is C16H26N2. The number of hydrogen-bond acceptors (Lipinski definition) is 2. The zero-order valence-electron chi connectivity index (χ0n) is 11.7. The van der Waals surface area contributed by atoms with Crippen molar-refractivity contribution in [2.45, 2.75) is 38.1 Å². The molecule has 1 aliphatic rings. The average Bonchev–Trinajstić information content (AvgIpc) is 3.21. The fraction of sp³-hybridized carbons (Fsp3) is 0.625. The topological polar surface area (TPSA) is 29.3 Å². The van der Waals surface area contributed by atoms with Crippen LogP contribution in [0.5, 0.6) is 0 Å². The minimum Gasteiger partial charge on any atom is -0.329 e. The van der Waals surface area contributed by atoms with Crippen molar-refractivity contribution >= 4 is 0 Å². The Hall–Kier alpha value is -0.860. The number of hydrogen-bond donors (Lipinski definition) is 1. The van der Waals surface area contributed by atoms with Crippen molar-refractivity contribution < 1.29 is 0 Å². The Labute approximate surface area is 111 Å². The molecule has 1 aliphatic carbocycles. The predicted molar refractivity (Wildman–Crippen MR) is 77.6 cm³/mol. The molecule has 1 atom stereocenters. The highest BCUT2D eigenvalue weighted by molar-refractivity contribution is 5.18. The van der Waals surface area contributed by atoms with Gasteiger partial charge in [-0.1, -0.05) is 37.3 Å². The number of rotatable bonds is 7. The van der Waals surface area contributed by atoms with Crippen LogP contribution < -0.4 is 5.73 Å². The summed E-state index contributed by atoms with van der Waals surface area (Å²) < 4.78 is 0. The van der Waals surface area contributed by atoms with Crippen LogP contribution in [-0.2, 0) is 6.42 Å². The number of nitrogens with zero attached hydrogens (tertiary/aromatic N) is 1. The monoisotopic (exact) mass is 246 g/mol. The lowest BCUT2D eigenvalue weighted by molar-refractivity contribution is 0.114. The quantitative estimate of drug-likeness (QED) is 0.801. The van der Waals surface area contributed by atoms with Crippen molar-refractivity contribution in [3.8, 4) is 0 Å². The molecule has 0 heterocycles. The van der Waals surface area contributed by atoms with Crippen LogP contribution in [0.1, 0.15) is 31.7 Å². The molecule has 0 saturated heterocycles. The molecule has 2 heteroatoms. The summed E-state index contributed by atoms with van der Waals surface area (Å²) in [5.41, 5.74) is 7.65. The molecule has 1 aromatic carbocycles. The van der Waals surface area contributed by atoms with E-state index in [1.54, 1.807) is 0 Å². The van der Waals surface area contributed by atoms with E-state index >= 15 is 0 Å². The van der Waals surface area contributed by atoms with Crippen LogP contribution in [0.3, 0.4) is 0 Å². The molecule has 2 rings (SSSR count). The first kappa shape index (κ1) is 13.6. The summed E-state index contributed by atoms with van der Waals surface area (Å²) in [5, 5.41) is 0. The van der Waals surface area contributed by atoms with Gasteiger partial charge in [0, 0.05) is 18.6 Å². The van der Waals surface area contributed by atoms with E-state index in [1.807, 2.05) is 0 Å². The third kappa shape index (κ3) is 3.12. The van der Waals surface area contributed by atoms with E-state index in [-0.39, 0.29) is 5.54 Å². The maximum Gasteiger partial charge on any atom is 0.0366 e. The van der Waals surface area contributed by atoms with Crippen molar-refractivity contribution in [1.29, 1.82) is 0 Å². The molecule has 2 N–H and O–H groups in total. The lowest BCUT2D eigenvalue weighted by Gasteiger charge is -2.41. The molecule has 1 unspecified atom stereocenters. The second-order valence-electron chi connectivity index (χ2n) is 5.77. The Balaban J connectivity index is 2.09. The second kappa shape index (κ2) is 5.85. The Morgan fingerprint density at radius 1 is 1.28 bits per heavy atom. The van der Waals surface area contributed by atoms with E-state index < -0.39 is 0 Å². The molecule has 0 radical (unpaired) electrons. The largest absolute Gasteiger partial charge is 0.329 e. The van der Waals surface area contributed by atoms with E-state index in [9.17, 15) is 0 Å². The van der Waals surface area contributed by atoms with Gasteiger partial charge in [0.2, 0.25) is 0 Å². The van der Waals surface area contributed by atoms with Gasteiger partial charge in [-0.3, -0.25) is 4.90 Å². The van der Waals surface area contributed by atoms with Crippen LogP contribution in [0.2, 0.25) is 0 Å². The van der Waals surface area contributed by atoms with Gasteiger partial charge in [0.1, 0.15) is 0 Å². The van der Waals surface area contributed by atoms with E-state index in [1.165, 1.54) is 24.9 Å². The van der Waals surface area contributed by atoms with Gasteiger partial charge in [-0.2, -0.15) is 0 Å². The van der Waals surface area contributed by atoms with E-state index in [2.05, 4.69) is 49.2 Å². The zero-order chi connectivity index (χ0) is 13.0. The third-order valence-corrected chi connectivity index (χ3v) is 4.45. The zero-order valence-corrected chi connectivity index (χ0v) is 11.7. The smallest absolute Gasteiger partial charge is 0.0366 e. The first-order chi connectivity index (χ1) is 8.70. The molecule has 2 nitrogen and oxygen atoms in total. The van der Waals surface area contributed by atoms with Crippen LogP contribution >= 0.6 is 0 Å². The highest BCUT2D eigenvalue weighted by atomic mass is 15.2. The molecule has 0 amide bonds.